The van der Waals surface area contributed by atoms with Crippen molar-refractivity contribution in [2.24, 2.45) is 5.92 Å². The average Bonchev–Trinajstić information content (AvgIpc) is 2.77. The van der Waals surface area contributed by atoms with E-state index in [-0.39, 0.29) is 0 Å². The predicted octanol–water partition coefficient (Wildman–Crippen LogP) is 1.36. The second-order valence-electron chi connectivity index (χ2n) is 4.49. The highest BCUT2D eigenvalue weighted by Gasteiger charge is 2.17. The van der Waals surface area contributed by atoms with Crippen LogP contribution in [-0.4, -0.2) is 32.9 Å². The van der Waals surface area contributed by atoms with Crippen molar-refractivity contribution < 1.29 is 0 Å². The molecular weight excluding hydrogens is 202 g/mol. The van der Waals surface area contributed by atoms with Crippen LogP contribution < -0.4 is 4.90 Å². The smallest absolute Gasteiger partial charge is 0.177 e. The highest BCUT2D eigenvalue weighted by atomic mass is 15.4. The van der Waals surface area contributed by atoms with Crippen LogP contribution in [0.5, 0.6) is 0 Å². The number of hydrogen-bond acceptors (Lipinski definition) is 4. The summed E-state index contributed by atoms with van der Waals surface area (Å²) in [6.07, 6.45) is 4.15. The summed E-state index contributed by atoms with van der Waals surface area (Å²) in [6.45, 7) is 4.51. The molecule has 3 heterocycles. The zero-order valence-electron chi connectivity index (χ0n) is 9.37. The second kappa shape index (κ2) is 3.73. The zero-order chi connectivity index (χ0) is 11.0. The lowest BCUT2D eigenvalue weighted by atomic mass is 9.99. The molecule has 0 amide bonds. The van der Waals surface area contributed by atoms with E-state index < -0.39 is 0 Å². The van der Waals surface area contributed by atoms with Crippen LogP contribution in [0.2, 0.25) is 0 Å². The van der Waals surface area contributed by atoms with Crippen LogP contribution in [0.4, 0.5) is 5.82 Å². The molecule has 0 unspecified atom stereocenters. The van der Waals surface area contributed by atoms with E-state index in [4.69, 9.17) is 0 Å². The first kappa shape index (κ1) is 9.57. The van der Waals surface area contributed by atoms with Crippen molar-refractivity contribution in [3.8, 4) is 0 Å². The Labute approximate surface area is 94.1 Å². The quantitative estimate of drug-likeness (QED) is 0.723. The monoisotopic (exact) mass is 217 g/mol. The largest absolute Gasteiger partial charge is 0.355 e. The number of aromatic nitrogens is 4. The maximum absolute atomic E-state index is 4.50. The van der Waals surface area contributed by atoms with Gasteiger partial charge in [0.05, 0.1) is 0 Å². The van der Waals surface area contributed by atoms with Crippen LogP contribution in [0, 0.1) is 5.92 Å². The zero-order valence-corrected chi connectivity index (χ0v) is 9.37. The molecule has 16 heavy (non-hydrogen) atoms. The van der Waals surface area contributed by atoms with Crippen LogP contribution in [0.1, 0.15) is 19.8 Å². The summed E-state index contributed by atoms with van der Waals surface area (Å²) in [6, 6.07) is 3.99. The highest BCUT2D eigenvalue weighted by Crippen LogP contribution is 2.20. The van der Waals surface area contributed by atoms with Gasteiger partial charge in [0.1, 0.15) is 12.1 Å². The summed E-state index contributed by atoms with van der Waals surface area (Å²) < 4.78 is 1.73. The molecule has 3 rings (SSSR count). The van der Waals surface area contributed by atoms with E-state index in [9.17, 15) is 0 Å². The Morgan fingerprint density at radius 1 is 1.25 bits per heavy atom. The Kier molecular flexibility index (Phi) is 2.23. The average molecular weight is 217 g/mol. The molecule has 0 bridgehead atoms. The Morgan fingerprint density at radius 3 is 2.88 bits per heavy atom. The third-order valence-electron chi connectivity index (χ3n) is 3.26. The fraction of sp³-hybridized carbons (Fsp3) is 0.545. The molecular formula is C11H15N5. The van der Waals surface area contributed by atoms with Gasteiger partial charge >= 0.3 is 0 Å². The summed E-state index contributed by atoms with van der Waals surface area (Å²) in [7, 11) is 0. The Morgan fingerprint density at radius 2 is 2.06 bits per heavy atom. The SMILES string of the molecule is CC1CCN(c2ccc3nncn3n2)CC1. The molecule has 0 aromatic carbocycles. The van der Waals surface area contributed by atoms with Crippen LogP contribution in [-0.2, 0) is 0 Å². The number of fused-ring (bicyclic) bond motifs is 1. The molecule has 0 saturated carbocycles. The summed E-state index contributed by atoms with van der Waals surface area (Å²) in [4.78, 5) is 2.33. The Hall–Kier alpha value is -1.65. The number of rotatable bonds is 1. The lowest BCUT2D eigenvalue weighted by Gasteiger charge is -2.30. The fourth-order valence-electron chi connectivity index (χ4n) is 2.12. The first-order chi connectivity index (χ1) is 7.83. The van der Waals surface area contributed by atoms with Gasteiger partial charge in [-0.3, -0.25) is 0 Å². The lowest BCUT2D eigenvalue weighted by molar-refractivity contribution is 0.435. The molecule has 1 fully saturated rings. The normalized spacial score (nSPS) is 18.2. The van der Waals surface area contributed by atoms with Crippen LogP contribution in [0.15, 0.2) is 18.5 Å². The molecule has 0 atom stereocenters. The van der Waals surface area contributed by atoms with Crippen molar-refractivity contribution in [3.63, 3.8) is 0 Å². The Bertz CT molecular complexity index is 484. The van der Waals surface area contributed by atoms with Gasteiger partial charge in [-0.05, 0) is 30.9 Å². The molecule has 2 aromatic rings. The molecule has 0 N–H and O–H groups in total. The standard InChI is InChI=1S/C11H15N5/c1-9-4-6-15(7-5-9)11-3-2-10-13-12-8-16(10)14-11/h2-3,8-9H,4-7H2,1H3. The topological polar surface area (TPSA) is 46.3 Å². The van der Waals surface area contributed by atoms with Gasteiger partial charge in [-0.15, -0.1) is 15.3 Å². The van der Waals surface area contributed by atoms with Crippen LogP contribution in [0.25, 0.3) is 5.65 Å². The van der Waals surface area contributed by atoms with E-state index in [0.29, 0.717) is 0 Å². The third-order valence-corrected chi connectivity index (χ3v) is 3.26. The Balaban J connectivity index is 1.87. The minimum Gasteiger partial charge on any atom is -0.355 e. The van der Waals surface area contributed by atoms with Gasteiger partial charge in [0.2, 0.25) is 0 Å². The van der Waals surface area contributed by atoms with E-state index in [1.54, 1.807) is 10.8 Å². The van der Waals surface area contributed by atoms with Crippen molar-refractivity contribution in [2.75, 3.05) is 18.0 Å². The molecule has 1 aliphatic rings. The van der Waals surface area contributed by atoms with Gasteiger partial charge in [0.25, 0.3) is 0 Å². The molecule has 1 saturated heterocycles. The highest BCUT2D eigenvalue weighted by molar-refractivity contribution is 5.45. The van der Waals surface area contributed by atoms with E-state index in [1.807, 2.05) is 12.1 Å². The maximum Gasteiger partial charge on any atom is 0.177 e. The van der Waals surface area contributed by atoms with E-state index in [0.717, 1.165) is 30.5 Å². The van der Waals surface area contributed by atoms with Gasteiger partial charge in [0.15, 0.2) is 5.65 Å². The summed E-state index contributed by atoms with van der Waals surface area (Å²) in [5.74, 6) is 1.87. The number of nitrogens with zero attached hydrogens (tertiary/aromatic N) is 5. The minimum absolute atomic E-state index is 0.800. The predicted molar refractivity (Wildman–Crippen MR) is 61.4 cm³/mol. The molecule has 2 aromatic heterocycles. The van der Waals surface area contributed by atoms with Crippen molar-refractivity contribution in [3.05, 3.63) is 18.5 Å². The number of piperidine rings is 1. The van der Waals surface area contributed by atoms with Gasteiger partial charge in [-0.1, -0.05) is 6.92 Å². The van der Waals surface area contributed by atoms with Crippen molar-refractivity contribution in [2.45, 2.75) is 19.8 Å². The molecule has 84 valence electrons. The molecule has 0 radical (unpaired) electrons. The van der Waals surface area contributed by atoms with E-state index in [1.165, 1.54) is 12.8 Å². The van der Waals surface area contributed by atoms with Crippen LogP contribution >= 0.6 is 0 Å². The number of anilines is 1. The van der Waals surface area contributed by atoms with Gasteiger partial charge in [-0.2, -0.15) is 4.52 Å². The molecule has 5 heteroatoms. The van der Waals surface area contributed by atoms with Gasteiger partial charge < -0.3 is 4.90 Å². The molecule has 0 aliphatic carbocycles. The first-order valence-corrected chi connectivity index (χ1v) is 5.75. The van der Waals surface area contributed by atoms with E-state index >= 15 is 0 Å². The van der Waals surface area contributed by atoms with Gasteiger partial charge in [-0.25, -0.2) is 0 Å². The molecule has 0 spiro atoms. The molecule has 5 nitrogen and oxygen atoms in total. The van der Waals surface area contributed by atoms with Crippen LogP contribution in [0.3, 0.4) is 0 Å². The lowest BCUT2D eigenvalue weighted by Crippen LogP contribution is -2.33. The summed E-state index contributed by atoms with van der Waals surface area (Å²) in [5.41, 5.74) is 0.800. The maximum atomic E-state index is 4.50. The summed E-state index contributed by atoms with van der Waals surface area (Å²) >= 11 is 0. The number of hydrogen-bond donors (Lipinski definition) is 0. The van der Waals surface area contributed by atoms with Crippen molar-refractivity contribution in [1.29, 1.82) is 0 Å². The third kappa shape index (κ3) is 1.62. The van der Waals surface area contributed by atoms with Gasteiger partial charge in [0, 0.05) is 13.1 Å². The van der Waals surface area contributed by atoms with Crippen molar-refractivity contribution in [1.82, 2.24) is 19.8 Å². The second-order valence-corrected chi connectivity index (χ2v) is 4.49. The summed E-state index contributed by atoms with van der Waals surface area (Å²) in [5, 5.41) is 12.3. The first-order valence-electron chi connectivity index (χ1n) is 5.75. The fourth-order valence-corrected chi connectivity index (χ4v) is 2.12. The minimum atomic E-state index is 0.800. The van der Waals surface area contributed by atoms with E-state index in [2.05, 4.69) is 27.1 Å². The molecule has 1 aliphatic heterocycles. The van der Waals surface area contributed by atoms with Crippen molar-refractivity contribution >= 4 is 11.5 Å².